The van der Waals surface area contributed by atoms with Gasteiger partial charge < -0.3 is 20.1 Å². The summed E-state index contributed by atoms with van der Waals surface area (Å²) in [6, 6.07) is 17.5. The monoisotopic (exact) mass is 608 g/mol. The van der Waals surface area contributed by atoms with E-state index in [1.807, 2.05) is 41.3 Å². The summed E-state index contributed by atoms with van der Waals surface area (Å²) in [6.07, 6.45) is 1.10. The van der Waals surface area contributed by atoms with Gasteiger partial charge in [0, 0.05) is 36.9 Å². The Balaban J connectivity index is 1.72. The summed E-state index contributed by atoms with van der Waals surface area (Å²) in [6.45, 7) is 5.32. The van der Waals surface area contributed by atoms with Crippen LogP contribution in [-0.4, -0.2) is 30.9 Å². The first-order chi connectivity index (χ1) is 17.7. The minimum atomic E-state index is -0.538. The van der Waals surface area contributed by atoms with Gasteiger partial charge in [-0.1, -0.05) is 38.1 Å². The van der Waals surface area contributed by atoms with E-state index in [-0.39, 0.29) is 17.8 Å². The minimum Gasteiger partial charge on any atom is -0.488 e. The van der Waals surface area contributed by atoms with Crippen molar-refractivity contribution in [2.45, 2.75) is 39.2 Å². The van der Waals surface area contributed by atoms with E-state index in [0.717, 1.165) is 20.4 Å². The van der Waals surface area contributed by atoms with Gasteiger partial charge in [-0.25, -0.2) is 0 Å². The Hall–Kier alpha value is -3.34. The molecule has 0 spiro atoms. The van der Waals surface area contributed by atoms with E-state index >= 15 is 0 Å². The fraction of sp³-hybridized carbons (Fsp3) is 0.345. The number of nitrogens with zero attached hydrogens (tertiary/aromatic N) is 3. The van der Waals surface area contributed by atoms with Crippen LogP contribution in [0.15, 0.2) is 65.1 Å². The topological polar surface area (TPSA) is 112 Å². The molecule has 1 aliphatic carbocycles. The van der Waals surface area contributed by atoms with Gasteiger partial charge in [-0.05, 0) is 58.2 Å². The molecule has 8 heteroatoms. The van der Waals surface area contributed by atoms with Crippen LogP contribution in [0.3, 0.4) is 0 Å². The summed E-state index contributed by atoms with van der Waals surface area (Å²) < 4.78 is 12.2. The number of carbonyl (C=O) groups excluding carboxylic acids is 1. The maximum atomic E-state index is 13.5. The summed E-state index contributed by atoms with van der Waals surface area (Å²) in [5.41, 5.74) is 10.5. The first kappa shape index (κ1) is 26.7. The number of benzene rings is 2. The Morgan fingerprint density at radius 1 is 1.16 bits per heavy atom. The fourth-order valence-corrected chi connectivity index (χ4v) is 5.77. The third-order valence-electron chi connectivity index (χ3n) is 6.82. The van der Waals surface area contributed by atoms with Gasteiger partial charge in [0.15, 0.2) is 5.78 Å². The van der Waals surface area contributed by atoms with Crippen LogP contribution in [0.1, 0.15) is 49.3 Å². The molecule has 4 rings (SSSR count). The third kappa shape index (κ3) is 5.36. The molecule has 7 nitrogen and oxygen atoms in total. The molecule has 0 aromatic heterocycles. The van der Waals surface area contributed by atoms with Crippen LogP contribution in [0, 0.1) is 31.6 Å². The van der Waals surface area contributed by atoms with Gasteiger partial charge in [0.25, 0.3) is 0 Å². The fourth-order valence-electron chi connectivity index (χ4n) is 5.07. The van der Waals surface area contributed by atoms with Crippen molar-refractivity contribution >= 4 is 28.4 Å². The Labute approximate surface area is 231 Å². The summed E-state index contributed by atoms with van der Waals surface area (Å²) in [5, 5.41) is 19.5. The molecule has 1 atom stereocenters. The number of halogens is 1. The average molecular weight is 608 g/mol. The molecule has 2 aromatic carbocycles. The normalized spacial score (nSPS) is 18.8. The van der Waals surface area contributed by atoms with E-state index in [1.54, 1.807) is 13.2 Å². The van der Waals surface area contributed by atoms with Crippen molar-refractivity contribution < 1.29 is 14.3 Å². The second-order valence-electron chi connectivity index (χ2n) is 10.0. The molecular formula is C29H29IN4O3. The van der Waals surface area contributed by atoms with Gasteiger partial charge in [0.05, 0.1) is 39.4 Å². The highest BCUT2D eigenvalue weighted by Crippen LogP contribution is 2.49. The summed E-state index contributed by atoms with van der Waals surface area (Å²) in [4.78, 5) is 15.4. The number of allylic oxidation sites excluding steroid dienone is 3. The van der Waals surface area contributed by atoms with E-state index in [0.29, 0.717) is 54.3 Å². The lowest BCUT2D eigenvalue weighted by molar-refractivity contribution is -0.118. The van der Waals surface area contributed by atoms with Crippen LogP contribution in [-0.2, 0) is 16.1 Å². The van der Waals surface area contributed by atoms with Gasteiger partial charge in [-0.3, -0.25) is 4.79 Å². The molecule has 0 radical (unpaired) electrons. The maximum absolute atomic E-state index is 13.5. The smallest absolute Gasteiger partial charge is 0.162 e. The molecule has 37 heavy (non-hydrogen) atoms. The van der Waals surface area contributed by atoms with Crippen molar-refractivity contribution in [3.63, 3.8) is 0 Å². The lowest BCUT2D eigenvalue weighted by atomic mass is 9.68. The molecule has 0 amide bonds. The Bertz CT molecular complexity index is 1380. The molecular weight excluding hydrogens is 579 g/mol. The summed E-state index contributed by atoms with van der Waals surface area (Å²) >= 11 is 2.20. The Morgan fingerprint density at radius 2 is 1.92 bits per heavy atom. The second kappa shape index (κ2) is 11.0. The van der Waals surface area contributed by atoms with Crippen molar-refractivity contribution in [3.8, 4) is 17.9 Å². The predicted octanol–water partition coefficient (Wildman–Crippen LogP) is 5.12. The Morgan fingerprint density at radius 3 is 2.59 bits per heavy atom. The van der Waals surface area contributed by atoms with Crippen LogP contribution in [0.5, 0.6) is 5.75 Å². The zero-order valence-electron chi connectivity index (χ0n) is 21.2. The summed E-state index contributed by atoms with van der Waals surface area (Å²) in [7, 11) is 1.62. The molecule has 0 unspecified atom stereocenters. The molecule has 190 valence electrons. The zero-order chi connectivity index (χ0) is 26.7. The van der Waals surface area contributed by atoms with Crippen LogP contribution in [0.4, 0.5) is 0 Å². The number of hydrogen-bond donors (Lipinski definition) is 1. The van der Waals surface area contributed by atoms with E-state index in [9.17, 15) is 15.3 Å². The van der Waals surface area contributed by atoms with Crippen molar-refractivity contribution in [1.29, 1.82) is 10.5 Å². The lowest BCUT2D eigenvalue weighted by Crippen LogP contribution is -2.43. The molecule has 2 N–H and O–H groups in total. The highest BCUT2D eigenvalue weighted by Gasteiger charge is 2.44. The quantitative estimate of drug-likeness (QED) is 0.434. The van der Waals surface area contributed by atoms with Crippen LogP contribution in [0.2, 0.25) is 0 Å². The van der Waals surface area contributed by atoms with Gasteiger partial charge in [0.1, 0.15) is 18.2 Å². The van der Waals surface area contributed by atoms with Crippen LogP contribution in [0.25, 0.3) is 0 Å². The molecule has 0 saturated carbocycles. The minimum absolute atomic E-state index is 0.0439. The number of ether oxygens (including phenoxy) is 2. The zero-order valence-corrected chi connectivity index (χ0v) is 23.3. The Kier molecular flexibility index (Phi) is 7.91. The van der Waals surface area contributed by atoms with Crippen LogP contribution >= 0.6 is 22.6 Å². The molecule has 2 aromatic rings. The van der Waals surface area contributed by atoms with Gasteiger partial charge >= 0.3 is 0 Å². The average Bonchev–Trinajstić information content (AvgIpc) is 2.86. The molecule has 0 saturated heterocycles. The number of nitriles is 2. The van der Waals surface area contributed by atoms with Crippen molar-refractivity contribution in [2.24, 2.45) is 11.1 Å². The van der Waals surface area contributed by atoms with E-state index in [1.165, 1.54) is 0 Å². The SMILES string of the molecule is COCCN1C(N)=C(C#N)[C@@H](c2ccc(OCc3ccccc3C#N)c(I)c2)C2=C1CC(C)(C)CC2=O. The van der Waals surface area contributed by atoms with E-state index in [4.69, 9.17) is 15.2 Å². The second-order valence-corrected chi connectivity index (χ2v) is 11.2. The first-order valence-corrected chi connectivity index (χ1v) is 13.1. The molecule has 1 heterocycles. The van der Waals surface area contributed by atoms with E-state index in [2.05, 4.69) is 48.6 Å². The molecule has 2 aliphatic rings. The number of rotatable bonds is 7. The number of methoxy groups -OCH3 is 1. The number of Topliss-reactive ketones (excluding diaryl/α,β-unsaturated/α-hetero) is 1. The van der Waals surface area contributed by atoms with E-state index < -0.39 is 5.92 Å². The number of carbonyl (C=O) groups is 1. The van der Waals surface area contributed by atoms with Crippen molar-refractivity contribution in [3.05, 3.63) is 85.4 Å². The number of hydrogen-bond acceptors (Lipinski definition) is 7. The molecule has 0 bridgehead atoms. The predicted molar refractivity (Wildman–Crippen MR) is 148 cm³/mol. The molecule has 1 aliphatic heterocycles. The lowest BCUT2D eigenvalue weighted by Gasteiger charge is -2.43. The van der Waals surface area contributed by atoms with Crippen LogP contribution < -0.4 is 10.5 Å². The highest BCUT2D eigenvalue weighted by molar-refractivity contribution is 14.1. The third-order valence-corrected chi connectivity index (χ3v) is 7.66. The maximum Gasteiger partial charge on any atom is 0.162 e. The number of nitrogens with two attached hydrogens (primary N) is 1. The largest absolute Gasteiger partial charge is 0.488 e. The molecule has 0 fully saturated rings. The van der Waals surface area contributed by atoms with Gasteiger partial charge in [-0.2, -0.15) is 10.5 Å². The van der Waals surface area contributed by atoms with Gasteiger partial charge in [0.2, 0.25) is 0 Å². The standard InChI is InChI=1S/C29H29IN4O3/c1-29(2)13-23-27(24(35)14-29)26(21(16-32)28(33)34(23)10-11-36-3)18-8-9-25(22(30)12-18)37-17-20-7-5-4-6-19(20)15-31/h4-9,12,26H,10-11,13-14,17,33H2,1-3H3/t26-/m1/s1. The highest BCUT2D eigenvalue weighted by atomic mass is 127. The summed E-state index contributed by atoms with van der Waals surface area (Å²) in [5.74, 6) is 0.541. The van der Waals surface area contributed by atoms with Crippen molar-refractivity contribution in [1.82, 2.24) is 4.90 Å². The first-order valence-electron chi connectivity index (χ1n) is 12.0. The number of ketones is 1. The van der Waals surface area contributed by atoms with Crippen molar-refractivity contribution in [2.75, 3.05) is 20.3 Å². The van der Waals surface area contributed by atoms with Gasteiger partial charge in [-0.15, -0.1) is 0 Å².